The summed E-state index contributed by atoms with van der Waals surface area (Å²) in [6.45, 7) is 0. The summed E-state index contributed by atoms with van der Waals surface area (Å²) in [7, 11) is 0. The fourth-order valence-electron chi connectivity index (χ4n) is 1.77. The molecular formula is C14H7Cl2F3O. The van der Waals surface area contributed by atoms with Crippen LogP contribution in [0.15, 0.2) is 42.5 Å². The lowest BCUT2D eigenvalue weighted by Gasteiger charge is -2.10. The summed E-state index contributed by atoms with van der Waals surface area (Å²) in [6.07, 6.45) is -4.40. The van der Waals surface area contributed by atoms with Crippen molar-refractivity contribution in [2.75, 3.05) is 0 Å². The molecular weight excluding hydrogens is 312 g/mol. The molecule has 20 heavy (non-hydrogen) atoms. The van der Waals surface area contributed by atoms with Gasteiger partial charge in [-0.25, -0.2) is 0 Å². The topological polar surface area (TPSA) is 17.1 Å². The zero-order valence-corrected chi connectivity index (χ0v) is 11.4. The molecule has 0 unspecified atom stereocenters. The number of hydrogen-bond acceptors (Lipinski definition) is 1. The highest BCUT2D eigenvalue weighted by Gasteiger charge is 2.30. The van der Waals surface area contributed by atoms with Crippen LogP contribution >= 0.6 is 23.2 Å². The summed E-state index contributed by atoms with van der Waals surface area (Å²) in [5.41, 5.74) is 0.287. The van der Waals surface area contributed by atoms with E-state index in [1.807, 2.05) is 0 Å². The van der Waals surface area contributed by atoms with Crippen LogP contribution in [0.4, 0.5) is 13.2 Å². The highest BCUT2D eigenvalue weighted by Crippen LogP contribution is 2.32. The third-order valence-electron chi connectivity index (χ3n) is 2.72. The largest absolute Gasteiger partial charge is 0.416 e. The number of benzene rings is 2. The lowest BCUT2D eigenvalue weighted by molar-refractivity contribution is -0.137. The zero-order chi connectivity index (χ0) is 14.9. The lowest BCUT2D eigenvalue weighted by Crippen LogP contribution is -2.04. The molecule has 0 aliphatic carbocycles. The van der Waals surface area contributed by atoms with Gasteiger partial charge >= 0.3 is 6.18 Å². The molecule has 0 radical (unpaired) electrons. The van der Waals surface area contributed by atoms with Gasteiger partial charge in [0.1, 0.15) is 0 Å². The van der Waals surface area contributed by atoms with E-state index in [4.69, 9.17) is 23.2 Å². The molecule has 0 aliphatic rings. The lowest BCUT2D eigenvalue weighted by atomic mass is 9.99. The Labute approximate surface area is 122 Å². The van der Waals surface area contributed by atoms with E-state index in [0.29, 0.717) is 16.1 Å². The first-order chi connectivity index (χ1) is 9.29. The van der Waals surface area contributed by atoms with E-state index in [1.54, 1.807) is 6.07 Å². The van der Waals surface area contributed by atoms with Crippen molar-refractivity contribution in [1.29, 1.82) is 0 Å². The second kappa shape index (κ2) is 5.46. The van der Waals surface area contributed by atoms with E-state index < -0.39 is 17.0 Å². The maximum atomic E-state index is 12.5. The molecule has 0 fully saturated rings. The molecule has 2 aromatic rings. The van der Waals surface area contributed by atoms with Crippen molar-refractivity contribution in [3.05, 3.63) is 58.6 Å². The van der Waals surface area contributed by atoms with Crippen molar-refractivity contribution in [2.45, 2.75) is 6.18 Å². The molecule has 0 N–H and O–H groups in total. The van der Waals surface area contributed by atoms with Crippen LogP contribution in [0.2, 0.25) is 5.02 Å². The van der Waals surface area contributed by atoms with Gasteiger partial charge in [-0.3, -0.25) is 4.79 Å². The molecule has 6 heteroatoms. The maximum Gasteiger partial charge on any atom is 0.416 e. The Balaban J connectivity index is 2.50. The maximum absolute atomic E-state index is 12.5. The zero-order valence-electron chi connectivity index (χ0n) is 9.84. The quantitative estimate of drug-likeness (QED) is 0.677. The molecule has 0 saturated heterocycles. The Morgan fingerprint density at radius 3 is 2.10 bits per heavy atom. The number of carbonyl (C=O) groups is 1. The predicted octanol–water partition coefficient (Wildman–Crippen LogP) is 5.40. The first-order valence-electron chi connectivity index (χ1n) is 5.46. The Bertz CT molecular complexity index is 648. The molecule has 1 nitrogen and oxygen atoms in total. The first-order valence-corrected chi connectivity index (χ1v) is 6.21. The van der Waals surface area contributed by atoms with Gasteiger partial charge in [0.25, 0.3) is 5.24 Å². The highest BCUT2D eigenvalue weighted by molar-refractivity contribution is 6.68. The number of carbonyl (C=O) groups excluding carboxylic acids is 1. The number of halogens is 5. The molecule has 0 aromatic heterocycles. The van der Waals surface area contributed by atoms with E-state index in [0.717, 1.165) is 12.1 Å². The van der Waals surface area contributed by atoms with Crippen LogP contribution < -0.4 is 0 Å². The molecule has 2 aromatic carbocycles. The molecule has 0 aliphatic heterocycles. The molecule has 0 atom stereocenters. The standard InChI is InChI=1S/C14H7Cl2F3O/c15-10-5-6-11(12(7-10)13(16)20)8-1-3-9(4-2-8)14(17,18)19/h1-7H. The molecule has 0 saturated carbocycles. The second-order valence-electron chi connectivity index (χ2n) is 4.04. The summed E-state index contributed by atoms with van der Waals surface area (Å²) < 4.78 is 37.5. The minimum absolute atomic E-state index is 0.152. The van der Waals surface area contributed by atoms with Crippen LogP contribution in [0, 0.1) is 0 Å². The van der Waals surface area contributed by atoms with Gasteiger partial charge in [0.2, 0.25) is 0 Å². The van der Waals surface area contributed by atoms with Crippen LogP contribution in [0.25, 0.3) is 11.1 Å². The Morgan fingerprint density at radius 2 is 1.60 bits per heavy atom. The van der Waals surface area contributed by atoms with Crippen molar-refractivity contribution >= 4 is 28.4 Å². The van der Waals surface area contributed by atoms with Crippen LogP contribution in [0.1, 0.15) is 15.9 Å². The molecule has 0 heterocycles. The minimum Gasteiger partial charge on any atom is -0.276 e. The van der Waals surface area contributed by atoms with Gasteiger partial charge in [0.15, 0.2) is 0 Å². The minimum atomic E-state index is -4.40. The number of hydrogen-bond donors (Lipinski definition) is 0. The average Bonchev–Trinajstić information content (AvgIpc) is 2.37. The van der Waals surface area contributed by atoms with E-state index in [9.17, 15) is 18.0 Å². The summed E-state index contributed by atoms with van der Waals surface area (Å²) in [4.78, 5) is 11.3. The van der Waals surface area contributed by atoms with Crippen LogP contribution in [0.5, 0.6) is 0 Å². The molecule has 0 bridgehead atoms. The summed E-state index contributed by atoms with van der Waals surface area (Å²) in [5, 5.41) is -0.396. The van der Waals surface area contributed by atoms with Crippen LogP contribution in [-0.2, 0) is 6.18 Å². The number of rotatable bonds is 2. The predicted molar refractivity (Wildman–Crippen MR) is 72.1 cm³/mol. The summed E-state index contributed by atoms with van der Waals surface area (Å²) in [5.74, 6) is 0. The van der Waals surface area contributed by atoms with Gasteiger partial charge in [-0.1, -0.05) is 29.8 Å². The Morgan fingerprint density at radius 1 is 1.00 bits per heavy atom. The van der Waals surface area contributed by atoms with Crippen molar-refractivity contribution in [1.82, 2.24) is 0 Å². The van der Waals surface area contributed by atoms with Gasteiger partial charge in [-0.2, -0.15) is 13.2 Å². The van der Waals surface area contributed by atoms with E-state index in [-0.39, 0.29) is 5.56 Å². The van der Waals surface area contributed by atoms with Crippen LogP contribution in [0.3, 0.4) is 0 Å². The number of alkyl halides is 3. The van der Waals surface area contributed by atoms with Gasteiger partial charge in [0.05, 0.1) is 5.56 Å². The molecule has 104 valence electrons. The first kappa shape index (κ1) is 14.9. The van der Waals surface area contributed by atoms with Crippen molar-refractivity contribution in [3.63, 3.8) is 0 Å². The van der Waals surface area contributed by atoms with Crippen LogP contribution in [-0.4, -0.2) is 5.24 Å². The van der Waals surface area contributed by atoms with Gasteiger partial charge < -0.3 is 0 Å². The van der Waals surface area contributed by atoms with Gasteiger partial charge in [-0.15, -0.1) is 0 Å². The van der Waals surface area contributed by atoms with E-state index in [1.165, 1.54) is 24.3 Å². The Kier molecular flexibility index (Phi) is 4.06. The Hall–Kier alpha value is -1.52. The third kappa shape index (κ3) is 3.14. The fraction of sp³-hybridized carbons (Fsp3) is 0.0714. The SMILES string of the molecule is O=C(Cl)c1cc(Cl)ccc1-c1ccc(C(F)(F)F)cc1. The normalized spacial score (nSPS) is 11.4. The summed E-state index contributed by atoms with van der Waals surface area (Å²) >= 11 is 11.2. The fourth-order valence-corrected chi connectivity index (χ4v) is 2.10. The second-order valence-corrected chi connectivity index (χ2v) is 4.82. The molecule has 0 amide bonds. The van der Waals surface area contributed by atoms with Crippen molar-refractivity contribution in [3.8, 4) is 11.1 Å². The monoisotopic (exact) mass is 318 g/mol. The van der Waals surface area contributed by atoms with Crippen molar-refractivity contribution < 1.29 is 18.0 Å². The van der Waals surface area contributed by atoms with E-state index >= 15 is 0 Å². The third-order valence-corrected chi connectivity index (χ3v) is 3.16. The van der Waals surface area contributed by atoms with Crippen molar-refractivity contribution in [2.24, 2.45) is 0 Å². The average molecular weight is 319 g/mol. The highest BCUT2D eigenvalue weighted by atomic mass is 35.5. The molecule has 2 rings (SSSR count). The van der Waals surface area contributed by atoms with Gasteiger partial charge in [0, 0.05) is 10.6 Å². The smallest absolute Gasteiger partial charge is 0.276 e. The summed E-state index contributed by atoms with van der Waals surface area (Å²) in [6, 6.07) is 8.94. The van der Waals surface area contributed by atoms with Gasteiger partial charge in [-0.05, 0) is 47.0 Å². The molecule has 0 spiro atoms. The van der Waals surface area contributed by atoms with E-state index in [2.05, 4.69) is 0 Å².